The molecule has 7 heteroatoms. The zero-order chi connectivity index (χ0) is 18.1. The highest BCUT2D eigenvalue weighted by atomic mass is 32.1. The third-order valence-corrected chi connectivity index (χ3v) is 5.38. The molecule has 0 spiro atoms. The van der Waals surface area contributed by atoms with E-state index in [9.17, 15) is 0 Å². The second kappa shape index (κ2) is 7.00. The molecule has 0 atom stereocenters. The van der Waals surface area contributed by atoms with Crippen LogP contribution in [-0.4, -0.2) is 35.6 Å². The van der Waals surface area contributed by atoms with Crippen LogP contribution in [-0.2, 0) is 6.42 Å². The molecule has 0 amide bonds. The van der Waals surface area contributed by atoms with Gasteiger partial charge < -0.3 is 15.4 Å². The molecule has 2 aliphatic rings. The summed E-state index contributed by atoms with van der Waals surface area (Å²) in [6, 6.07) is 12.3. The Bertz CT molecular complexity index is 1010. The summed E-state index contributed by atoms with van der Waals surface area (Å²) in [5.41, 5.74) is 5.04. The highest BCUT2D eigenvalue weighted by molar-refractivity contribution is 7.14. The quantitative estimate of drug-likeness (QED) is 0.730. The Labute approximate surface area is 161 Å². The molecule has 1 aromatic carbocycles. The van der Waals surface area contributed by atoms with Crippen LogP contribution in [0, 0.1) is 0 Å². The number of aromatic nitrogens is 2. The van der Waals surface area contributed by atoms with Crippen LogP contribution >= 0.6 is 11.3 Å². The fourth-order valence-electron chi connectivity index (χ4n) is 3.25. The topological polar surface area (TPSA) is 71.4 Å². The van der Waals surface area contributed by atoms with Crippen molar-refractivity contribution in [3.63, 3.8) is 0 Å². The second-order valence-electron chi connectivity index (χ2n) is 6.50. The van der Waals surface area contributed by atoms with Crippen molar-refractivity contribution in [1.82, 2.24) is 15.3 Å². The van der Waals surface area contributed by atoms with Gasteiger partial charge in [0, 0.05) is 30.5 Å². The summed E-state index contributed by atoms with van der Waals surface area (Å²) >= 11 is 1.56. The lowest BCUT2D eigenvalue weighted by Crippen LogP contribution is -2.35. The lowest BCUT2D eigenvalue weighted by atomic mass is 10.1. The smallest absolute Gasteiger partial charge is 0.197 e. The van der Waals surface area contributed by atoms with Gasteiger partial charge in [0.1, 0.15) is 11.4 Å². The molecule has 0 aliphatic carbocycles. The number of rotatable bonds is 3. The number of thiazole rings is 1. The van der Waals surface area contributed by atoms with Gasteiger partial charge in [-0.3, -0.25) is 4.99 Å². The average Bonchev–Trinajstić information content (AvgIpc) is 3.38. The minimum Gasteiger partial charge on any atom is -0.493 e. The van der Waals surface area contributed by atoms with E-state index in [2.05, 4.69) is 32.7 Å². The van der Waals surface area contributed by atoms with Crippen LogP contribution < -0.4 is 15.4 Å². The van der Waals surface area contributed by atoms with E-state index in [0.717, 1.165) is 72.0 Å². The van der Waals surface area contributed by atoms with Crippen molar-refractivity contribution in [1.29, 1.82) is 0 Å². The summed E-state index contributed by atoms with van der Waals surface area (Å²) in [4.78, 5) is 13.9. The number of benzene rings is 1. The summed E-state index contributed by atoms with van der Waals surface area (Å²) in [5.74, 6) is 1.79. The Morgan fingerprint density at radius 3 is 2.96 bits per heavy atom. The van der Waals surface area contributed by atoms with E-state index in [1.807, 2.05) is 29.6 Å². The molecule has 4 heterocycles. The van der Waals surface area contributed by atoms with Crippen molar-refractivity contribution in [2.24, 2.45) is 4.99 Å². The van der Waals surface area contributed by atoms with E-state index < -0.39 is 0 Å². The van der Waals surface area contributed by atoms with Crippen molar-refractivity contribution in [2.45, 2.75) is 12.8 Å². The minimum absolute atomic E-state index is 0.765. The molecule has 136 valence electrons. The number of hydrogen-bond acceptors (Lipinski definition) is 7. The Kier molecular flexibility index (Phi) is 4.21. The van der Waals surface area contributed by atoms with Crippen molar-refractivity contribution in [2.75, 3.05) is 25.0 Å². The van der Waals surface area contributed by atoms with E-state index in [-0.39, 0.29) is 0 Å². The number of aliphatic imine (C=N–C) groups is 1. The molecular formula is C20H19N5OS. The van der Waals surface area contributed by atoms with Crippen molar-refractivity contribution in [3.05, 3.63) is 47.3 Å². The second-order valence-corrected chi connectivity index (χ2v) is 7.36. The number of hydrogen-bond donors (Lipinski definition) is 2. The number of guanidine groups is 1. The van der Waals surface area contributed by atoms with Gasteiger partial charge >= 0.3 is 0 Å². The van der Waals surface area contributed by atoms with E-state index in [0.29, 0.717) is 0 Å². The maximum absolute atomic E-state index is 5.60. The normalized spacial score (nSPS) is 15.5. The number of anilines is 1. The van der Waals surface area contributed by atoms with Gasteiger partial charge in [-0.2, -0.15) is 0 Å². The van der Waals surface area contributed by atoms with Gasteiger partial charge in [0.25, 0.3) is 0 Å². The summed E-state index contributed by atoms with van der Waals surface area (Å²) in [6.45, 7) is 2.56. The SMILES string of the molecule is c1cc(-c2ccc3c(c2)CCO3)nc(-c2csc(NC3=NCCCN3)n2)c1. The van der Waals surface area contributed by atoms with Gasteiger partial charge in [-0.1, -0.05) is 6.07 Å². The highest BCUT2D eigenvalue weighted by Crippen LogP contribution is 2.31. The monoisotopic (exact) mass is 377 g/mol. The van der Waals surface area contributed by atoms with Crippen LogP contribution in [0.1, 0.15) is 12.0 Å². The van der Waals surface area contributed by atoms with Crippen LogP contribution in [0.15, 0.2) is 46.8 Å². The predicted octanol–water partition coefficient (Wildman–Crippen LogP) is 3.57. The van der Waals surface area contributed by atoms with Gasteiger partial charge in [0.05, 0.1) is 18.0 Å². The molecule has 0 fully saturated rings. The molecule has 6 nitrogen and oxygen atoms in total. The largest absolute Gasteiger partial charge is 0.493 e. The first-order valence-electron chi connectivity index (χ1n) is 9.09. The van der Waals surface area contributed by atoms with Crippen LogP contribution in [0.25, 0.3) is 22.6 Å². The van der Waals surface area contributed by atoms with E-state index >= 15 is 0 Å². The number of nitrogens with one attached hydrogen (secondary N) is 2. The molecule has 0 radical (unpaired) electrons. The van der Waals surface area contributed by atoms with Gasteiger partial charge in [-0.05, 0) is 42.3 Å². The van der Waals surface area contributed by atoms with Crippen LogP contribution in [0.3, 0.4) is 0 Å². The third-order valence-electron chi connectivity index (χ3n) is 4.62. The fourth-order valence-corrected chi connectivity index (χ4v) is 3.95. The molecule has 2 aliphatic heterocycles. The van der Waals surface area contributed by atoms with Crippen molar-refractivity contribution < 1.29 is 4.74 Å². The molecule has 0 unspecified atom stereocenters. The van der Waals surface area contributed by atoms with Gasteiger partial charge in [0.2, 0.25) is 0 Å². The minimum atomic E-state index is 0.765. The summed E-state index contributed by atoms with van der Waals surface area (Å²) in [5, 5.41) is 9.34. The highest BCUT2D eigenvalue weighted by Gasteiger charge is 2.14. The van der Waals surface area contributed by atoms with Gasteiger partial charge in [-0.25, -0.2) is 9.97 Å². The number of pyridine rings is 1. The molecule has 3 aromatic rings. The molecule has 2 N–H and O–H groups in total. The van der Waals surface area contributed by atoms with E-state index in [4.69, 9.17) is 9.72 Å². The lowest BCUT2D eigenvalue weighted by molar-refractivity contribution is 0.357. The Morgan fingerprint density at radius 2 is 2.04 bits per heavy atom. The Hall–Kier alpha value is -2.93. The van der Waals surface area contributed by atoms with E-state index in [1.54, 1.807) is 11.3 Å². The Balaban J connectivity index is 1.40. The first-order chi connectivity index (χ1) is 13.3. The standard InChI is InChI=1S/C20H19N5OS/c1-3-15(13-5-6-18-14(11-13)7-10-26-18)23-16(4-1)17-12-27-20(24-17)25-19-21-8-2-9-22-19/h1,3-6,11-12H,2,7-10H2,(H2,21,22,24,25). The first kappa shape index (κ1) is 16.3. The fraction of sp³-hybridized carbons (Fsp3) is 0.250. The van der Waals surface area contributed by atoms with Crippen molar-refractivity contribution >= 4 is 22.4 Å². The van der Waals surface area contributed by atoms with Gasteiger partial charge in [-0.15, -0.1) is 11.3 Å². The first-order valence-corrected chi connectivity index (χ1v) is 9.97. The molecule has 2 aromatic heterocycles. The molecule has 0 saturated carbocycles. The third kappa shape index (κ3) is 3.38. The predicted molar refractivity (Wildman–Crippen MR) is 109 cm³/mol. The van der Waals surface area contributed by atoms with Crippen LogP contribution in [0.2, 0.25) is 0 Å². The molecule has 0 bridgehead atoms. The summed E-state index contributed by atoms with van der Waals surface area (Å²) < 4.78 is 5.60. The number of ether oxygens (including phenoxy) is 1. The maximum Gasteiger partial charge on any atom is 0.197 e. The average molecular weight is 377 g/mol. The maximum atomic E-state index is 5.60. The van der Waals surface area contributed by atoms with E-state index in [1.165, 1.54) is 5.56 Å². The van der Waals surface area contributed by atoms with Crippen LogP contribution in [0.5, 0.6) is 5.75 Å². The number of fused-ring (bicyclic) bond motifs is 1. The number of nitrogens with zero attached hydrogens (tertiary/aromatic N) is 3. The summed E-state index contributed by atoms with van der Waals surface area (Å²) in [7, 11) is 0. The van der Waals surface area contributed by atoms with Gasteiger partial charge in [0.15, 0.2) is 11.1 Å². The molecule has 0 saturated heterocycles. The van der Waals surface area contributed by atoms with Crippen molar-refractivity contribution in [3.8, 4) is 28.4 Å². The summed E-state index contributed by atoms with van der Waals surface area (Å²) in [6.07, 6.45) is 2.03. The Morgan fingerprint density at radius 1 is 1.07 bits per heavy atom. The molecule has 27 heavy (non-hydrogen) atoms. The zero-order valence-corrected chi connectivity index (χ0v) is 15.6. The zero-order valence-electron chi connectivity index (χ0n) is 14.7. The van der Waals surface area contributed by atoms with Crippen LogP contribution in [0.4, 0.5) is 5.13 Å². The molecular weight excluding hydrogens is 358 g/mol. The molecule has 5 rings (SSSR count). The lowest BCUT2D eigenvalue weighted by Gasteiger charge is -2.14.